The fourth-order valence-corrected chi connectivity index (χ4v) is 3.32. The number of hydrogen-bond acceptors (Lipinski definition) is 3. The lowest BCUT2D eigenvalue weighted by molar-refractivity contribution is 0.0713. The Morgan fingerprint density at radius 1 is 1.19 bits per heavy atom. The van der Waals surface area contributed by atoms with Crippen LogP contribution < -0.4 is 5.32 Å². The minimum Gasteiger partial charge on any atom is -0.381 e. The highest BCUT2D eigenvalue weighted by molar-refractivity contribution is 5.98. The highest BCUT2D eigenvalue weighted by Gasteiger charge is 2.24. The number of rotatable bonds is 3. The van der Waals surface area contributed by atoms with Gasteiger partial charge < -0.3 is 15.2 Å². The highest BCUT2D eigenvalue weighted by atomic mass is 19.2. The second-order valence-corrected chi connectivity index (χ2v) is 6.49. The molecular weight excluding hydrogens is 338 g/mol. The van der Waals surface area contributed by atoms with Crippen LogP contribution in [0, 0.1) is 11.6 Å². The number of aromatic amines is 1. The van der Waals surface area contributed by atoms with E-state index >= 15 is 0 Å². The van der Waals surface area contributed by atoms with Crippen molar-refractivity contribution in [3.63, 3.8) is 0 Å². The van der Waals surface area contributed by atoms with E-state index in [1.165, 1.54) is 0 Å². The monoisotopic (exact) mass is 356 g/mol. The summed E-state index contributed by atoms with van der Waals surface area (Å²) < 4.78 is 26.7. The third kappa shape index (κ3) is 3.24. The Bertz CT molecular complexity index is 894. The van der Waals surface area contributed by atoms with Gasteiger partial charge >= 0.3 is 0 Å². The topological polar surface area (TPSA) is 61.0 Å². The second kappa shape index (κ2) is 6.74. The van der Waals surface area contributed by atoms with Gasteiger partial charge in [0.25, 0.3) is 5.91 Å². The van der Waals surface area contributed by atoms with Gasteiger partial charge in [0.1, 0.15) is 5.69 Å². The predicted molar refractivity (Wildman–Crippen MR) is 95.0 cm³/mol. The number of pyridine rings is 1. The van der Waals surface area contributed by atoms with Gasteiger partial charge in [-0.3, -0.25) is 9.78 Å². The van der Waals surface area contributed by atoms with Crippen molar-refractivity contribution < 1.29 is 13.6 Å². The van der Waals surface area contributed by atoms with E-state index in [0.717, 1.165) is 30.7 Å². The number of benzene rings is 1. The summed E-state index contributed by atoms with van der Waals surface area (Å²) in [7, 11) is 0. The molecule has 0 spiro atoms. The Morgan fingerprint density at radius 3 is 2.69 bits per heavy atom. The molecule has 0 saturated carbocycles. The van der Waals surface area contributed by atoms with Crippen molar-refractivity contribution in [1.29, 1.82) is 0 Å². The number of anilines is 1. The largest absolute Gasteiger partial charge is 0.381 e. The number of carbonyl (C=O) groups excluding carboxylic acids is 1. The van der Waals surface area contributed by atoms with E-state index in [4.69, 9.17) is 0 Å². The molecule has 3 aromatic rings. The lowest BCUT2D eigenvalue weighted by Crippen LogP contribution is -2.42. The molecule has 0 aliphatic carbocycles. The lowest BCUT2D eigenvalue weighted by atomic mass is 10.0. The number of piperidine rings is 1. The van der Waals surface area contributed by atoms with Gasteiger partial charge in [0.05, 0.1) is 5.69 Å². The molecule has 1 aliphatic heterocycles. The third-order valence-electron chi connectivity index (χ3n) is 4.71. The molecule has 134 valence electrons. The molecule has 3 heterocycles. The summed E-state index contributed by atoms with van der Waals surface area (Å²) in [5.74, 6) is -2.00. The number of nitrogens with one attached hydrogen (secondary N) is 2. The van der Waals surface area contributed by atoms with Gasteiger partial charge in [-0.05, 0) is 37.1 Å². The van der Waals surface area contributed by atoms with E-state index in [0.29, 0.717) is 29.7 Å². The van der Waals surface area contributed by atoms with Crippen LogP contribution in [0.3, 0.4) is 0 Å². The van der Waals surface area contributed by atoms with Gasteiger partial charge in [0.2, 0.25) is 0 Å². The van der Waals surface area contributed by atoms with Gasteiger partial charge in [0.15, 0.2) is 11.6 Å². The van der Waals surface area contributed by atoms with Gasteiger partial charge in [0, 0.05) is 48.5 Å². The lowest BCUT2D eigenvalue weighted by Gasteiger charge is -2.32. The molecule has 1 aromatic carbocycles. The minimum absolute atomic E-state index is 0.151. The third-order valence-corrected chi connectivity index (χ3v) is 4.71. The Hall–Kier alpha value is -2.96. The summed E-state index contributed by atoms with van der Waals surface area (Å²) in [6, 6.07) is 7.87. The maximum atomic E-state index is 13.3. The van der Waals surface area contributed by atoms with Crippen LogP contribution in [0.1, 0.15) is 23.3 Å². The number of likely N-dealkylation sites (tertiary alicyclic amines) is 1. The summed E-state index contributed by atoms with van der Waals surface area (Å²) in [5.41, 5.74) is 1.74. The van der Waals surface area contributed by atoms with Crippen molar-refractivity contribution in [2.24, 2.45) is 0 Å². The summed E-state index contributed by atoms with van der Waals surface area (Å²) in [4.78, 5) is 21.4. The van der Waals surface area contributed by atoms with Crippen LogP contribution in [0.2, 0.25) is 0 Å². The molecule has 1 aliphatic rings. The van der Waals surface area contributed by atoms with Gasteiger partial charge in [-0.25, -0.2) is 8.78 Å². The van der Waals surface area contributed by atoms with E-state index in [1.54, 1.807) is 23.4 Å². The first kappa shape index (κ1) is 16.5. The maximum Gasteiger partial charge on any atom is 0.270 e. The standard InChI is InChI=1S/C19H18F2N4O/c20-15-8-12-9-18(24-17(12)10-16(15)21)19(26)25-6-3-13(4-7-25)23-14-2-1-5-22-11-14/h1-2,5,8-11,13,23-24H,3-4,6-7H2. The number of amides is 1. The van der Waals surface area contributed by atoms with Crippen LogP contribution in [0.15, 0.2) is 42.7 Å². The number of aromatic nitrogens is 2. The van der Waals surface area contributed by atoms with Crippen LogP contribution in [-0.2, 0) is 0 Å². The SMILES string of the molecule is O=C(c1cc2cc(F)c(F)cc2[nH]1)N1CCC(Nc2cccnc2)CC1. The van der Waals surface area contributed by atoms with Crippen LogP contribution >= 0.6 is 0 Å². The van der Waals surface area contributed by atoms with Crippen molar-refractivity contribution in [2.75, 3.05) is 18.4 Å². The first-order valence-electron chi connectivity index (χ1n) is 8.54. The quantitative estimate of drug-likeness (QED) is 0.754. The average Bonchev–Trinajstić information content (AvgIpc) is 3.06. The van der Waals surface area contributed by atoms with E-state index < -0.39 is 11.6 Å². The van der Waals surface area contributed by atoms with Crippen LogP contribution in [0.25, 0.3) is 10.9 Å². The Balaban J connectivity index is 1.42. The fraction of sp³-hybridized carbons (Fsp3) is 0.263. The Kier molecular flexibility index (Phi) is 4.28. The molecular formula is C19H18F2N4O. The van der Waals surface area contributed by atoms with Crippen LogP contribution in [0.4, 0.5) is 14.5 Å². The number of hydrogen-bond donors (Lipinski definition) is 2. The van der Waals surface area contributed by atoms with Crippen molar-refractivity contribution in [3.05, 3.63) is 60.1 Å². The molecule has 0 radical (unpaired) electrons. The van der Waals surface area contributed by atoms with E-state index in [9.17, 15) is 13.6 Å². The van der Waals surface area contributed by atoms with E-state index in [1.807, 2.05) is 12.1 Å². The zero-order valence-electron chi connectivity index (χ0n) is 14.0. The van der Waals surface area contributed by atoms with Crippen molar-refractivity contribution in [3.8, 4) is 0 Å². The molecule has 1 fully saturated rings. The predicted octanol–water partition coefficient (Wildman–Crippen LogP) is 3.56. The number of carbonyl (C=O) groups is 1. The first-order valence-corrected chi connectivity index (χ1v) is 8.54. The summed E-state index contributed by atoms with van der Waals surface area (Å²) >= 11 is 0. The van der Waals surface area contributed by atoms with Gasteiger partial charge in [-0.2, -0.15) is 0 Å². The average molecular weight is 356 g/mol. The van der Waals surface area contributed by atoms with Crippen molar-refractivity contribution >= 4 is 22.5 Å². The summed E-state index contributed by atoms with van der Waals surface area (Å²) in [5, 5.41) is 3.91. The number of H-pyrrole nitrogens is 1. The van der Waals surface area contributed by atoms with Crippen molar-refractivity contribution in [1.82, 2.24) is 14.9 Å². The molecule has 0 bridgehead atoms. The molecule has 5 nitrogen and oxygen atoms in total. The number of nitrogens with zero attached hydrogens (tertiary/aromatic N) is 2. The normalized spacial score (nSPS) is 15.4. The molecule has 2 aromatic heterocycles. The zero-order valence-corrected chi connectivity index (χ0v) is 14.0. The fourth-order valence-electron chi connectivity index (χ4n) is 3.32. The second-order valence-electron chi connectivity index (χ2n) is 6.49. The van der Waals surface area contributed by atoms with Gasteiger partial charge in [-0.15, -0.1) is 0 Å². The van der Waals surface area contributed by atoms with Crippen LogP contribution in [-0.4, -0.2) is 39.9 Å². The highest BCUT2D eigenvalue weighted by Crippen LogP contribution is 2.22. The Morgan fingerprint density at radius 2 is 1.96 bits per heavy atom. The van der Waals surface area contributed by atoms with Gasteiger partial charge in [-0.1, -0.05) is 0 Å². The molecule has 26 heavy (non-hydrogen) atoms. The van der Waals surface area contributed by atoms with Crippen LogP contribution in [0.5, 0.6) is 0 Å². The molecule has 7 heteroatoms. The Labute approximate surface area is 149 Å². The molecule has 4 rings (SSSR count). The first-order chi connectivity index (χ1) is 12.6. The van der Waals surface area contributed by atoms with E-state index in [2.05, 4.69) is 15.3 Å². The number of halogens is 2. The molecule has 0 unspecified atom stereocenters. The molecule has 0 atom stereocenters. The van der Waals surface area contributed by atoms with Crippen molar-refractivity contribution in [2.45, 2.75) is 18.9 Å². The molecule has 1 saturated heterocycles. The minimum atomic E-state index is -0.930. The van der Waals surface area contributed by atoms with E-state index in [-0.39, 0.29) is 11.9 Å². The molecule has 2 N–H and O–H groups in total. The summed E-state index contributed by atoms with van der Waals surface area (Å²) in [6.07, 6.45) is 5.15. The molecule has 1 amide bonds. The summed E-state index contributed by atoms with van der Waals surface area (Å²) in [6.45, 7) is 1.24. The maximum absolute atomic E-state index is 13.3. The zero-order chi connectivity index (χ0) is 18.1. The number of fused-ring (bicyclic) bond motifs is 1. The smallest absolute Gasteiger partial charge is 0.270 e.